The molecule has 0 bridgehead atoms. The van der Waals surface area contributed by atoms with Gasteiger partial charge in [0.15, 0.2) is 0 Å². The Labute approximate surface area is 117 Å². The molecule has 0 spiro atoms. The van der Waals surface area contributed by atoms with Gasteiger partial charge in [-0.3, -0.25) is 0 Å². The highest BCUT2D eigenvalue weighted by atomic mass is 16.5. The van der Waals surface area contributed by atoms with E-state index in [4.69, 9.17) is 4.74 Å². The molecule has 1 rings (SSSR count). The summed E-state index contributed by atoms with van der Waals surface area (Å²) >= 11 is 0. The average molecular weight is 267 g/mol. The van der Waals surface area contributed by atoms with Crippen LogP contribution in [-0.4, -0.2) is 49.9 Å². The van der Waals surface area contributed by atoms with Gasteiger partial charge in [-0.2, -0.15) is 0 Å². The lowest BCUT2D eigenvalue weighted by molar-refractivity contribution is 0.161. The lowest BCUT2D eigenvalue weighted by Crippen LogP contribution is -2.31. The Morgan fingerprint density at radius 2 is 2.05 bits per heavy atom. The zero-order chi connectivity index (χ0) is 14.3. The van der Waals surface area contributed by atoms with Crippen LogP contribution in [0.5, 0.6) is 0 Å². The van der Waals surface area contributed by atoms with Crippen molar-refractivity contribution in [1.29, 1.82) is 0 Å². The van der Waals surface area contributed by atoms with Crippen LogP contribution in [0.15, 0.2) is 6.07 Å². The minimum atomic E-state index is 0.800. The fourth-order valence-corrected chi connectivity index (χ4v) is 2.39. The molecule has 0 aliphatic heterocycles. The van der Waals surface area contributed by atoms with Crippen LogP contribution < -0.4 is 5.32 Å². The SMILES string of the molecule is CCn1c(C)cc(CNCCN(C)CCOC)c1C. The second-order valence-corrected chi connectivity index (χ2v) is 5.11. The summed E-state index contributed by atoms with van der Waals surface area (Å²) in [7, 11) is 3.87. The quantitative estimate of drug-likeness (QED) is 0.692. The second-order valence-electron chi connectivity index (χ2n) is 5.11. The van der Waals surface area contributed by atoms with Crippen molar-refractivity contribution in [3.8, 4) is 0 Å². The molecule has 4 heteroatoms. The summed E-state index contributed by atoms with van der Waals surface area (Å²) in [4.78, 5) is 2.28. The van der Waals surface area contributed by atoms with Gasteiger partial charge in [-0.05, 0) is 39.4 Å². The standard InChI is InChI=1S/C15H29N3O/c1-6-18-13(2)11-15(14(18)3)12-16-7-8-17(4)9-10-19-5/h11,16H,6-10,12H2,1-5H3. The predicted octanol–water partition coefficient (Wildman–Crippen LogP) is 1.79. The highest BCUT2D eigenvalue weighted by Gasteiger charge is 2.07. The Morgan fingerprint density at radius 3 is 2.63 bits per heavy atom. The van der Waals surface area contributed by atoms with Gasteiger partial charge >= 0.3 is 0 Å². The molecule has 1 aromatic rings. The molecular weight excluding hydrogens is 238 g/mol. The summed E-state index contributed by atoms with van der Waals surface area (Å²) < 4.78 is 7.43. The van der Waals surface area contributed by atoms with Crippen LogP contribution in [0.1, 0.15) is 23.9 Å². The first-order valence-electron chi connectivity index (χ1n) is 7.14. The number of nitrogens with zero attached hydrogens (tertiary/aromatic N) is 2. The fourth-order valence-electron chi connectivity index (χ4n) is 2.39. The van der Waals surface area contributed by atoms with Gasteiger partial charge in [0.2, 0.25) is 0 Å². The molecule has 0 amide bonds. The number of aryl methyl sites for hydroxylation is 1. The van der Waals surface area contributed by atoms with Crippen LogP contribution in [0.4, 0.5) is 0 Å². The van der Waals surface area contributed by atoms with Crippen LogP contribution in [-0.2, 0) is 17.8 Å². The average Bonchev–Trinajstić information content (AvgIpc) is 2.66. The first kappa shape index (κ1) is 16.2. The van der Waals surface area contributed by atoms with Crippen molar-refractivity contribution in [3.63, 3.8) is 0 Å². The van der Waals surface area contributed by atoms with Gasteiger partial charge in [0.05, 0.1) is 6.61 Å². The number of hydrogen-bond acceptors (Lipinski definition) is 3. The maximum absolute atomic E-state index is 5.07. The number of aromatic nitrogens is 1. The Kier molecular flexibility index (Phi) is 7.13. The highest BCUT2D eigenvalue weighted by Crippen LogP contribution is 2.14. The van der Waals surface area contributed by atoms with E-state index in [9.17, 15) is 0 Å². The number of hydrogen-bond donors (Lipinski definition) is 1. The molecule has 0 saturated carbocycles. The fraction of sp³-hybridized carbons (Fsp3) is 0.733. The normalized spacial score (nSPS) is 11.5. The van der Waals surface area contributed by atoms with Crippen LogP contribution in [0.3, 0.4) is 0 Å². The molecule has 0 aliphatic carbocycles. The van der Waals surface area contributed by atoms with E-state index in [1.54, 1.807) is 7.11 Å². The van der Waals surface area contributed by atoms with E-state index in [2.05, 4.69) is 48.7 Å². The van der Waals surface area contributed by atoms with Crippen molar-refractivity contribution >= 4 is 0 Å². The molecule has 1 N–H and O–H groups in total. The summed E-state index contributed by atoms with van der Waals surface area (Å²) in [5.74, 6) is 0. The lowest BCUT2D eigenvalue weighted by Gasteiger charge is -2.16. The monoisotopic (exact) mass is 267 g/mol. The van der Waals surface area contributed by atoms with E-state index >= 15 is 0 Å². The van der Waals surface area contributed by atoms with Crippen molar-refractivity contribution < 1.29 is 4.74 Å². The summed E-state index contributed by atoms with van der Waals surface area (Å²) in [5, 5.41) is 3.52. The third-order valence-corrected chi connectivity index (χ3v) is 3.66. The van der Waals surface area contributed by atoms with E-state index in [-0.39, 0.29) is 0 Å². The predicted molar refractivity (Wildman–Crippen MR) is 80.7 cm³/mol. The van der Waals surface area contributed by atoms with Gasteiger partial charge in [0.1, 0.15) is 0 Å². The Hall–Kier alpha value is -0.840. The minimum Gasteiger partial charge on any atom is -0.383 e. The molecule has 0 fully saturated rings. The number of rotatable bonds is 9. The molecular formula is C15H29N3O. The van der Waals surface area contributed by atoms with Crippen LogP contribution in [0.25, 0.3) is 0 Å². The van der Waals surface area contributed by atoms with Crippen LogP contribution in [0.2, 0.25) is 0 Å². The highest BCUT2D eigenvalue weighted by molar-refractivity contribution is 5.26. The molecule has 110 valence electrons. The Morgan fingerprint density at radius 1 is 1.32 bits per heavy atom. The number of ether oxygens (including phenoxy) is 1. The van der Waals surface area contributed by atoms with E-state index in [0.717, 1.165) is 39.3 Å². The maximum Gasteiger partial charge on any atom is 0.0589 e. The van der Waals surface area contributed by atoms with Gasteiger partial charge in [0, 0.05) is 51.2 Å². The van der Waals surface area contributed by atoms with Gasteiger partial charge < -0.3 is 19.5 Å². The van der Waals surface area contributed by atoms with E-state index in [0.29, 0.717) is 0 Å². The van der Waals surface area contributed by atoms with Gasteiger partial charge in [-0.15, -0.1) is 0 Å². The summed E-state index contributed by atoms with van der Waals surface area (Å²) in [5.41, 5.74) is 4.16. The van der Waals surface area contributed by atoms with E-state index in [1.165, 1.54) is 17.0 Å². The Balaban J connectivity index is 2.30. The third kappa shape index (κ3) is 4.97. The van der Waals surface area contributed by atoms with Crippen LogP contribution >= 0.6 is 0 Å². The van der Waals surface area contributed by atoms with E-state index in [1.807, 2.05) is 0 Å². The zero-order valence-corrected chi connectivity index (χ0v) is 13.1. The van der Waals surface area contributed by atoms with Gasteiger partial charge in [0.25, 0.3) is 0 Å². The molecule has 0 saturated heterocycles. The number of methoxy groups -OCH3 is 1. The molecule has 0 aliphatic rings. The topological polar surface area (TPSA) is 29.4 Å². The molecule has 1 aromatic heterocycles. The maximum atomic E-state index is 5.07. The van der Waals surface area contributed by atoms with E-state index < -0.39 is 0 Å². The molecule has 4 nitrogen and oxygen atoms in total. The van der Waals surface area contributed by atoms with Crippen molar-refractivity contribution in [2.75, 3.05) is 40.4 Å². The number of likely N-dealkylation sites (N-methyl/N-ethyl adjacent to an activating group) is 1. The summed E-state index contributed by atoms with van der Waals surface area (Å²) in [6, 6.07) is 2.29. The number of nitrogens with one attached hydrogen (secondary N) is 1. The second kappa shape index (κ2) is 8.35. The van der Waals surface area contributed by atoms with Gasteiger partial charge in [-0.25, -0.2) is 0 Å². The minimum absolute atomic E-state index is 0.800. The van der Waals surface area contributed by atoms with Crippen molar-refractivity contribution in [1.82, 2.24) is 14.8 Å². The first-order chi connectivity index (χ1) is 9.10. The largest absolute Gasteiger partial charge is 0.383 e. The summed E-state index contributed by atoms with van der Waals surface area (Å²) in [6.07, 6.45) is 0. The molecule has 0 atom stereocenters. The van der Waals surface area contributed by atoms with Crippen molar-refractivity contribution in [2.45, 2.75) is 33.9 Å². The summed E-state index contributed by atoms with van der Waals surface area (Å²) in [6.45, 7) is 12.4. The molecule has 19 heavy (non-hydrogen) atoms. The molecule has 1 heterocycles. The Bertz CT molecular complexity index is 374. The van der Waals surface area contributed by atoms with Crippen molar-refractivity contribution in [2.24, 2.45) is 0 Å². The zero-order valence-electron chi connectivity index (χ0n) is 13.1. The van der Waals surface area contributed by atoms with Crippen molar-refractivity contribution in [3.05, 3.63) is 23.0 Å². The van der Waals surface area contributed by atoms with Gasteiger partial charge in [-0.1, -0.05) is 0 Å². The molecule has 0 radical (unpaired) electrons. The lowest BCUT2D eigenvalue weighted by atomic mass is 10.2. The smallest absolute Gasteiger partial charge is 0.0589 e. The first-order valence-corrected chi connectivity index (χ1v) is 7.14. The third-order valence-electron chi connectivity index (χ3n) is 3.66. The molecule has 0 unspecified atom stereocenters. The molecule has 0 aromatic carbocycles. The van der Waals surface area contributed by atoms with Crippen LogP contribution in [0, 0.1) is 13.8 Å².